The summed E-state index contributed by atoms with van der Waals surface area (Å²) in [5.74, 6) is 0. The maximum atomic E-state index is 12.5. The number of hydrogen-bond acceptors (Lipinski definition) is 3. The number of rotatable bonds is 4. The first kappa shape index (κ1) is 18.1. The largest absolute Gasteiger partial charge is 0.401 e. The number of halogens is 3. The van der Waals surface area contributed by atoms with E-state index in [0.29, 0.717) is 26.2 Å². The number of nitrogens with zero attached hydrogens (tertiary/aromatic N) is 2. The molecule has 2 amide bonds. The number of carbonyl (C=O) groups excluding carboxylic acids is 1. The zero-order valence-corrected chi connectivity index (χ0v) is 13.4. The van der Waals surface area contributed by atoms with Gasteiger partial charge in [-0.25, -0.2) is 4.79 Å². The van der Waals surface area contributed by atoms with Gasteiger partial charge < -0.3 is 15.0 Å². The van der Waals surface area contributed by atoms with E-state index in [2.05, 4.69) is 5.32 Å². The normalized spacial score (nSPS) is 23.6. The second-order valence-electron chi connectivity index (χ2n) is 6.05. The Hall–Kier alpha value is -1.28. The number of amides is 2. The van der Waals surface area contributed by atoms with Gasteiger partial charge >= 0.3 is 12.2 Å². The quantitative estimate of drug-likeness (QED) is 0.800. The van der Waals surface area contributed by atoms with Crippen LogP contribution in [0.25, 0.3) is 0 Å². The molecule has 1 atom stereocenters. The molecule has 0 aromatic heterocycles. The Morgan fingerprint density at radius 1 is 1.43 bits per heavy atom. The molecule has 2 rings (SSSR count). The van der Waals surface area contributed by atoms with Crippen molar-refractivity contribution >= 4 is 6.03 Å². The van der Waals surface area contributed by atoms with Crippen LogP contribution in [0.15, 0.2) is 11.6 Å². The highest BCUT2D eigenvalue weighted by molar-refractivity contribution is 5.74. The second kappa shape index (κ2) is 8.01. The number of nitrogens with one attached hydrogen (secondary N) is 1. The molecule has 5 nitrogen and oxygen atoms in total. The van der Waals surface area contributed by atoms with Gasteiger partial charge in [0.1, 0.15) is 0 Å². The van der Waals surface area contributed by atoms with Crippen LogP contribution in [0.4, 0.5) is 18.0 Å². The van der Waals surface area contributed by atoms with Gasteiger partial charge in [-0.1, -0.05) is 11.6 Å². The van der Waals surface area contributed by atoms with Crippen molar-refractivity contribution in [3.63, 3.8) is 0 Å². The number of urea groups is 1. The van der Waals surface area contributed by atoms with E-state index in [9.17, 15) is 18.0 Å². The first-order chi connectivity index (χ1) is 10.8. The van der Waals surface area contributed by atoms with Gasteiger partial charge in [0.15, 0.2) is 0 Å². The molecule has 2 aliphatic heterocycles. The lowest BCUT2D eigenvalue weighted by atomic mass is 10.1. The van der Waals surface area contributed by atoms with Crippen molar-refractivity contribution in [1.29, 1.82) is 0 Å². The summed E-state index contributed by atoms with van der Waals surface area (Å²) in [5.41, 5.74) is 1.28. The summed E-state index contributed by atoms with van der Waals surface area (Å²) in [6.45, 7) is 3.58. The van der Waals surface area contributed by atoms with Crippen LogP contribution in [0.1, 0.15) is 19.8 Å². The molecule has 0 bridgehead atoms. The monoisotopic (exact) mass is 335 g/mol. The van der Waals surface area contributed by atoms with Crippen LogP contribution in [0.2, 0.25) is 0 Å². The molecule has 2 aliphatic rings. The highest BCUT2D eigenvalue weighted by Crippen LogP contribution is 2.20. The molecule has 132 valence electrons. The van der Waals surface area contributed by atoms with Crippen molar-refractivity contribution in [1.82, 2.24) is 15.1 Å². The summed E-state index contributed by atoms with van der Waals surface area (Å²) in [5, 5.41) is 2.85. The molecular formula is C15H24F3N3O2. The first-order valence-corrected chi connectivity index (χ1v) is 7.94. The molecule has 1 fully saturated rings. The highest BCUT2D eigenvalue weighted by Gasteiger charge is 2.35. The average Bonchev–Trinajstić information content (AvgIpc) is 2.49. The molecular weight excluding hydrogens is 311 g/mol. The van der Waals surface area contributed by atoms with Gasteiger partial charge in [-0.05, 0) is 19.8 Å². The van der Waals surface area contributed by atoms with Crippen LogP contribution in [0.5, 0.6) is 0 Å². The molecule has 0 aromatic carbocycles. The molecule has 1 N–H and O–H groups in total. The number of carbonyl (C=O) groups is 1. The summed E-state index contributed by atoms with van der Waals surface area (Å²) in [6.07, 6.45) is -0.481. The predicted molar refractivity (Wildman–Crippen MR) is 80.2 cm³/mol. The van der Waals surface area contributed by atoms with Crippen LogP contribution in [-0.4, -0.2) is 74.0 Å². The molecule has 2 heterocycles. The summed E-state index contributed by atoms with van der Waals surface area (Å²) in [7, 11) is 0. The van der Waals surface area contributed by atoms with Gasteiger partial charge in [0.05, 0.1) is 19.8 Å². The number of alkyl halides is 3. The Kier molecular flexibility index (Phi) is 6.29. The number of hydrogen-bond donors (Lipinski definition) is 1. The van der Waals surface area contributed by atoms with E-state index in [-0.39, 0.29) is 18.6 Å². The van der Waals surface area contributed by atoms with Crippen LogP contribution < -0.4 is 5.32 Å². The lowest BCUT2D eigenvalue weighted by Gasteiger charge is -2.40. The van der Waals surface area contributed by atoms with Gasteiger partial charge in [-0.2, -0.15) is 13.2 Å². The molecule has 0 radical (unpaired) electrons. The fourth-order valence-corrected chi connectivity index (χ4v) is 2.88. The third kappa shape index (κ3) is 6.02. The van der Waals surface area contributed by atoms with E-state index in [1.807, 2.05) is 6.08 Å². The Labute approximate surface area is 134 Å². The minimum atomic E-state index is -4.20. The molecule has 0 aromatic rings. The molecule has 0 saturated carbocycles. The van der Waals surface area contributed by atoms with Crippen LogP contribution >= 0.6 is 0 Å². The first-order valence-electron chi connectivity index (χ1n) is 7.94. The maximum Gasteiger partial charge on any atom is 0.401 e. The van der Waals surface area contributed by atoms with E-state index < -0.39 is 12.7 Å². The predicted octanol–water partition coefficient (Wildman–Crippen LogP) is 2.00. The van der Waals surface area contributed by atoms with Crippen molar-refractivity contribution in [3.05, 3.63) is 11.6 Å². The average molecular weight is 335 g/mol. The highest BCUT2D eigenvalue weighted by atomic mass is 19.4. The minimum Gasteiger partial charge on any atom is -0.377 e. The molecule has 0 spiro atoms. The topological polar surface area (TPSA) is 44.8 Å². The third-order valence-electron chi connectivity index (χ3n) is 4.21. The van der Waals surface area contributed by atoms with E-state index in [0.717, 1.165) is 19.4 Å². The lowest BCUT2D eigenvalue weighted by molar-refractivity contribution is -0.153. The summed E-state index contributed by atoms with van der Waals surface area (Å²) < 4.78 is 42.6. The zero-order chi connectivity index (χ0) is 16.9. The van der Waals surface area contributed by atoms with Crippen LogP contribution in [0.3, 0.4) is 0 Å². The van der Waals surface area contributed by atoms with Crippen molar-refractivity contribution in [2.24, 2.45) is 0 Å². The van der Waals surface area contributed by atoms with Gasteiger partial charge in [-0.15, -0.1) is 0 Å². The fraction of sp³-hybridized carbons (Fsp3) is 0.800. The van der Waals surface area contributed by atoms with Crippen LogP contribution in [-0.2, 0) is 4.74 Å². The maximum absolute atomic E-state index is 12.5. The summed E-state index contributed by atoms with van der Waals surface area (Å²) in [6, 6.07) is -0.495. The van der Waals surface area contributed by atoms with Gasteiger partial charge in [-0.3, -0.25) is 4.90 Å². The molecule has 0 aliphatic carbocycles. The number of ether oxygens (including phenoxy) is 1. The third-order valence-corrected chi connectivity index (χ3v) is 4.21. The zero-order valence-electron chi connectivity index (χ0n) is 13.4. The van der Waals surface area contributed by atoms with E-state index >= 15 is 0 Å². The van der Waals surface area contributed by atoms with Gasteiger partial charge in [0.25, 0.3) is 0 Å². The minimum absolute atomic E-state index is 0.198. The van der Waals surface area contributed by atoms with E-state index in [1.165, 1.54) is 10.5 Å². The molecule has 1 saturated heterocycles. The van der Waals surface area contributed by atoms with Crippen molar-refractivity contribution in [2.75, 3.05) is 45.9 Å². The number of piperazine rings is 1. The molecule has 0 unspecified atom stereocenters. The lowest BCUT2D eigenvalue weighted by Crippen LogP contribution is -2.57. The molecule has 23 heavy (non-hydrogen) atoms. The Balaban J connectivity index is 1.71. The summed E-state index contributed by atoms with van der Waals surface area (Å²) >= 11 is 0. The van der Waals surface area contributed by atoms with Crippen LogP contribution in [0, 0.1) is 0 Å². The van der Waals surface area contributed by atoms with Gasteiger partial charge in [0, 0.05) is 32.2 Å². The second-order valence-corrected chi connectivity index (χ2v) is 6.05. The fourth-order valence-electron chi connectivity index (χ4n) is 2.88. The van der Waals surface area contributed by atoms with Crippen molar-refractivity contribution < 1.29 is 22.7 Å². The Morgan fingerprint density at radius 2 is 2.22 bits per heavy atom. The Bertz CT molecular complexity index is 440. The standard InChI is InChI=1S/C15H24F3N3O2/c1-12-10-20(6-7-21(12)11-15(16,17)18)14(22)19-5-2-13-3-8-23-9-4-13/h3,12H,2,4-11H2,1H3,(H,19,22)/t12-/m1/s1. The molecule has 8 heteroatoms. The van der Waals surface area contributed by atoms with Gasteiger partial charge in [0.2, 0.25) is 0 Å². The summed E-state index contributed by atoms with van der Waals surface area (Å²) in [4.78, 5) is 15.1. The van der Waals surface area contributed by atoms with Crippen molar-refractivity contribution in [2.45, 2.75) is 32.0 Å². The smallest absolute Gasteiger partial charge is 0.377 e. The SMILES string of the molecule is C[C@@H]1CN(C(=O)NCCC2=CCOCC2)CCN1CC(F)(F)F. The van der Waals surface area contributed by atoms with E-state index in [1.54, 1.807) is 11.8 Å². The van der Waals surface area contributed by atoms with E-state index in [4.69, 9.17) is 4.74 Å². The van der Waals surface area contributed by atoms with Crippen molar-refractivity contribution in [3.8, 4) is 0 Å². The Morgan fingerprint density at radius 3 is 2.83 bits per heavy atom.